The Balaban J connectivity index is 2.42. The maximum Gasteiger partial charge on any atom is 0.354 e. The van der Waals surface area contributed by atoms with Gasteiger partial charge in [0.05, 0.1) is 5.69 Å². The zero-order valence-electron chi connectivity index (χ0n) is 9.60. The first-order valence-corrected chi connectivity index (χ1v) is 5.14. The van der Waals surface area contributed by atoms with Gasteiger partial charge in [-0.25, -0.2) is 9.78 Å². The Kier molecular flexibility index (Phi) is 4.88. The maximum atomic E-state index is 10.7. The first-order valence-electron chi connectivity index (χ1n) is 5.14. The molecule has 5 nitrogen and oxygen atoms in total. The molecule has 0 amide bonds. The fraction of sp³-hybridized carbons (Fsp3) is 0.455. The fourth-order valence-corrected chi connectivity index (χ4v) is 1.22. The van der Waals surface area contributed by atoms with Crippen molar-refractivity contribution in [2.45, 2.75) is 6.54 Å². The fourth-order valence-electron chi connectivity index (χ4n) is 1.22. The van der Waals surface area contributed by atoms with E-state index < -0.39 is 5.97 Å². The summed E-state index contributed by atoms with van der Waals surface area (Å²) >= 11 is 0. The van der Waals surface area contributed by atoms with E-state index in [1.807, 2.05) is 20.2 Å². The van der Waals surface area contributed by atoms with Gasteiger partial charge in [0, 0.05) is 19.6 Å². The molecule has 1 rings (SSSR count). The summed E-state index contributed by atoms with van der Waals surface area (Å²) in [7, 11) is 4.01. The standard InChI is InChI=1S/C11H17N3O2/c1-14(2)7-6-12-8-9-4-3-5-10(13-9)11(15)16/h3-5,12H,6-8H2,1-2H3,(H,15,16). The van der Waals surface area contributed by atoms with Gasteiger partial charge in [0.15, 0.2) is 0 Å². The number of carbonyl (C=O) groups is 1. The van der Waals surface area contributed by atoms with E-state index in [-0.39, 0.29) is 5.69 Å². The van der Waals surface area contributed by atoms with Gasteiger partial charge in [-0.1, -0.05) is 6.07 Å². The van der Waals surface area contributed by atoms with E-state index in [0.717, 1.165) is 18.8 Å². The van der Waals surface area contributed by atoms with Gasteiger partial charge in [-0.3, -0.25) is 0 Å². The number of carboxylic acid groups (broad SMARTS) is 1. The third-order valence-corrected chi connectivity index (χ3v) is 2.07. The minimum absolute atomic E-state index is 0.0897. The molecule has 1 heterocycles. The number of likely N-dealkylation sites (N-methyl/N-ethyl adjacent to an activating group) is 1. The molecule has 1 aromatic heterocycles. The van der Waals surface area contributed by atoms with Crippen LogP contribution in [-0.2, 0) is 6.54 Å². The van der Waals surface area contributed by atoms with Crippen molar-refractivity contribution in [2.24, 2.45) is 0 Å². The van der Waals surface area contributed by atoms with Crippen molar-refractivity contribution in [3.63, 3.8) is 0 Å². The molecular weight excluding hydrogens is 206 g/mol. The van der Waals surface area contributed by atoms with Crippen molar-refractivity contribution in [3.05, 3.63) is 29.6 Å². The van der Waals surface area contributed by atoms with Crippen molar-refractivity contribution in [2.75, 3.05) is 27.2 Å². The molecule has 0 aliphatic heterocycles. The van der Waals surface area contributed by atoms with Crippen LogP contribution in [0.2, 0.25) is 0 Å². The Labute approximate surface area is 95.1 Å². The second kappa shape index (κ2) is 6.19. The lowest BCUT2D eigenvalue weighted by Gasteiger charge is -2.10. The third-order valence-electron chi connectivity index (χ3n) is 2.07. The monoisotopic (exact) mass is 223 g/mol. The van der Waals surface area contributed by atoms with Crippen molar-refractivity contribution < 1.29 is 9.90 Å². The Morgan fingerprint density at radius 1 is 1.50 bits per heavy atom. The second-order valence-corrected chi connectivity index (χ2v) is 3.80. The lowest BCUT2D eigenvalue weighted by Crippen LogP contribution is -2.26. The molecule has 0 atom stereocenters. The summed E-state index contributed by atoms with van der Waals surface area (Å²) in [6.45, 7) is 2.39. The van der Waals surface area contributed by atoms with Crippen molar-refractivity contribution in [1.29, 1.82) is 0 Å². The van der Waals surface area contributed by atoms with Crippen LogP contribution in [0.15, 0.2) is 18.2 Å². The smallest absolute Gasteiger partial charge is 0.354 e. The van der Waals surface area contributed by atoms with Crippen LogP contribution < -0.4 is 5.32 Å². The van der Waals surface area contributed by atoms with E-state index >= 15 is 0 Å². The van der Waals surface area contributed by atoms with E-state index in [9.17, 15) is 4.79 Å². The van der Waals surface area contributed by atoms with E-state index in [2.05, 4.69) is 15.2 Å². The number of nitrogens with one attached hydrogen (secondary N) is 1. The van der Waals surface area contributed by atoms with Gasteiger partial charge in [0.2, 0.25) is 0 Å². The minimum atomic E-state index is -0.991. The molecule has 88 valence electrons. The molecule has 0 aliphatic rings. The van der Waals surface area contributed by atoms with Crippen LogP contribution in [0, 0.1) is 0 Å². The van der Waals surface area contributed by atoms with E-state index in [4.69, 9.17) is 5.11 Å². The molecule has 0 radical (unpaired) electrons. The van der Waals surface area contributed by atoms with Gasteiger partial charge in [-0.05, 0) is 26.2 Å². The van der Waals surface area contributed by atoms with Gasteiger partial charge in [-0.2, -0.15) is 0 Å². The third kappa shape index (κ3) is 4.37. The lowest BCUT2D eigenvalue weighted by molar-refractivity contribution is 0.0690. The van der Waals surface area contributed by atoms with Crippen LogP contribution in [0.5, 0.6) is 0 Å². The summed E-state index contributed by atoms with van der Waals surface area (Å²) in [6, 6.07) is 5.01. The maximum absolute atomic E-state index is 10.7. The molecule has 0 bridgehead atoms. The molecule has 0 aromatic carbocycles. The molecule has 2 N–H and O–H groups in total. The van der Waals surface area contributed by atoms with E-state index in [0.29, 0.717) is 6.54 Å². The predicted molar refractivity (Wildman–Crippen MR) is 61.5 cm³/mol. The van der Waals surface area contributed by atoms with Crippen LogP contribution in [0.4, 0.5) is 0 Å². The zero-order chi connectivity index (χ0) is 12.0. The molecule has 5 heteroatoms. The highest BCUT2D eigenvalue weighted by Gasteiger charge is 2.04. The number of rotatable bonds is 6. The minimum Gasteiger partial charge on any atom is -0.477 e. The Bertz CT molecular complexity index is 353. The quantitative estimate of drug-likeness (QED) is 0.685. The highest BCUT2D eigenvalue weighted by Crippen LogP contribution is 1.99. The summed E-state index contributed by atoms with van der Waals surface area (Å²) in [4.78, 5) is 16.8. The zero-order valence-corrected chi connectivity index (χ0v) is 9.60. The predicted octanol–water partition coefficient (Wildman–Crippen LogP) is 0.431. The highest BCUT2D eigenvalue weighted by molar-refractivity contribution is 5.85. The van der Waals surface area contributed by atoms with Crippen LogP contribution >= 0.6 is 0 Å². The molecule has 1 aromatic rings. The summed E-state index contributed by atoms with van der Waals surface area (Å²) < 4.78 is 0. The van der Waals surface area contributed by atoms with E-state index in [1.165, 1.54) is 6.07 Å². The number of hydrogen-bond donors (Lipinski definition) is 2. The number of hydrogen-bond acceptors (Lipinski definition) is 4. The lowest BCUT2D eigenvalue weighted by atomic mass is 10.3. The van der Waals surface area contributed by atoms with Crippen LogP contribution in [0.25, 0.3) is 0 Å². The second-order valence-electron chi connectivity index (χ2n) is 3.80. The molecule has 0 unspecified atom stereocenters. The largest absolute Gasteiger partial charge is 0.477 e. The molecule has 16 heavy (non-hydrogen) atoms. The molecule has 0 aliphatic carbocycles. The first-order chi connectivity index (χ1) is 7.59. The average molecular weight is 223 g/mol. The number of pyridine rings is 1. The SMILES string of the molecule is CN(C)CCNCc1cccc(C(=O)O)n1. The summed E-state index contributed by atoms with van der Waals surface area (Å²) in [5, 5.41) is 12.0. The highest BCUT2D eigenvalue weighted by atomic mass is 16.4. The van der Waals surface area contributed by atoms with Gasteiger partial charge < -0.3 is 15.3 Å². The summed E-state index contributed by atoms with van der Waals surface area (Å²) in [5.74, 6) is -0.991. The van der Waals surface area contributed by atoms with Crippen LogP contribution in [-0.4, -0.2) is 48.1 Å². The van der Waals surface area contributed by atoms with Crippen molar-refractivity contribution >= 4 is 5.97 Å². The Morgan fingerprint density at radius 2 is 2.25 bits per heavy atom. The molecule has 0 spiro atoms. The molecule has 0 fully saturated rings. The Hall–Kier alpha value is -1.46. The van der Waals surface area contributed by atoms with E-state index in [1.54, 1.807) is 6.07 Å². The number of carboxylic acids is 1. The van der Waals surface area contributed by atoms with Gasteiger partial charge in [0.25, 0.3) is 0 Å². The molecular formula is C11H17N3O2. The van der Waals surface area contributed by atoms with Crippen LogP contribution in [0.3, 0.4) is 0 Å². The van der Waals surface area contributed by atoms with Crippen molar-refractivity contribution in [3.8, 4) is 0 Å². The van der Waals surface area contributed by atoms with Crippen molar-refractivity contribution in [1.82, 2.24) is 15.2 Å². The van der Waals surface area contributed by atoms with Gasteiger partial charge in [0.1, 0.15) is 5.69 Å². The first kappa shape index (κ1) is 12.6. The van der Waals surface area contributed by atoms with Gasteiger partial charge >= 0.3 is 5.97 Å². The number of aromatic carboxylic acids is 1. The Morgan fingerprint density at radius 3 is 2.88 bits per heavy atom. The average Bonchev–Trinajstić information content (AvgIpc) is 2.24. The number of aromatic nitrogens is 1. The van der Waals surface area contributed by atoms with Crippen LogP contribution in [0.1, 0.15) is 16.2 Å². The van der Waals surface area contributed by atoms with Gasteiger partial charge in [-0.15, -0.1) is 0 Å². The number of nitrogens with zero attached hydrogens (tertiary/aromatic N) is 2. The molecule has 0 saturated carbocycles. The summed E-state index contributed by atoms with van der Waals surface area (Å²) in [5.41, 5.74) is 0.838. The summed E-state index contributed by atoms with van der Waals surface area (Å²) in [6.07, 6.45) is 0. The normalized spacial score (nSPS) is 10.7. The molecule has 0 saturated heterocycles. The topological polar surface area (TPSA) is 65.5 Å².